The Morgan fingerprint density at radius 2 is 1.92 bits per heavy atom. The molecule has 24 heavy (non-hydrogen) atoms. The van der Waals surface area contributed by atoms with E-state index in [0.29, 0.717) is 11.9 Å². The molecule has 4 rings (SSSR count). The van der Waals surface area contributed by atoms with Crippen molar-refractivity contribution < 1.29 is 0 Å². The predicted molar refractivity (Wildman–Crippen MR) is 92.7 cm³/mol. The molecule has 0 spiro atoms. The quantitative estimate of drug-likeness (QED) is 0.627. The topological polar surface area (TPSA) is 87.4 Å². The number of fused-ring (bicyclic) bond motifs is 1. The molecule has 4 aromatic rings. The van der Waals surface area contributed by atoms with Crippen LogP contribution < -0.4 is 5.73 Å². The normalized spacial score (nSPS) is 11.2. The first kappa shape index (κ1) is 14.4. The van der Waals surface area contributed by atoms with Gasteiger partial charge >= 0.3 is 0 Å². The molecule has 0 aliphatic rings. The number of nitrogens with two attached hydrogens (primary N) is 1. The number of hydrogen-bond donors (Lipinski definition) is 1. The Balaban J connectivity index is 2.02. The molecule has 7 heteroatoms. The molecule has 0 aliphatic heterocycles. The number of nitrogen functional groups attached to an aromatic ring is 1. The second kappa shape index (κ2) is 5.45. The van der Waals surface area contributed by atoms with Gasteiger partial charge in [0.1, 0.15) is 11.8 Å². The Bertz CT molecular complexity index is 1010. The highest BCUT2D eigenvalue weighted by Gasteiger charge is 2.18. The minimum atomic E-state index is 0.310. The van der Waals surface area contributed by atoms with Crippen LogP contribution in [-0.2, 0) is 6.54 Å². The Morgan fingerprint density at radius 3 is 2.58 bits per heavy atom. The van der Waals surface area contributed by atoms with E-state index in [1.807, 2.05) is 6.20 Å². The molecule has 0 unspecified atom stereocenters. The van der Waals surface area contributed by atoms with E-state index in [4.69, 9.17) is 5.73 Å². The van der Waals surface area contributed by atoms with E-state index < -0.39 is 0 Å². The molecule has 120 valence electrons. The van der Waals surface area contributed by atoms with Crippen LogP contribution in [0.2, 0.25) is 0 Å². The van der Waals surface area contributed by atoms with E-state index in [1.54, 1.807) is 10.9 Å². The molecule has 1 aromatic carbocycles. The van der Waals surface area contributed by atoms with Crippen LogP contribution in [0.5, 0.6) is 0 Å². The molecule has 0 aliphatic carbocycles. The smallest absolute Gasteiger partial charge is 0.235 e. The molecule has 7 nitrogen and oxygen atoms in total. The second-order valence-electron chi connectivity index (χ2n) is 5.61. The lowest BCUT2D eigenvalue weighted by Gasteiger charge is -2.09. The SMILES string of the molecule is CCn1c(-n2ncnc2N)nc2cncc(-c3ccc(C)cc3)c21. The first-order valence-corrected chi connectivity index (χ1v) is 7.76. The van der Waals surface area contributed by atoms with Crippen LogP contribution in [0.4, 0.5) is 5.95 Å². The summed E-state index contributed by atoms with van der Waals surface area (Å²) in [7, 11) is 0. The zero-order chi connectivity index (χ0) is 16.7. The van der Waals surface area contributed by atoms with E-state index in [0.717, 1.165) is 28.7 Å². The maximum absolute atomic E-state index is 5.90. The molecular weight excluding hydrogens is 302 g/mol. The first-order chi connectivity index (χ1) is 11.7. The van der Waals surface area contributed by atoms with E-state index in [1.165, 1.54) is 11.9 Å². The van der Waals surface area contributed by atoms with Crippen molar-refractivity contribution in [2.24, 2.45) is 0 Å². The maximum atomic E-state index is 5.90. The molecule has 0 saturated carbocycles. The summed E-state index contributed by atoms with van der Waals surface area (Å²) in [6, 6.07) is 8.39. The van der Waals surface area contributed by atoms with Crippen LogP contribution in [0.1, 0.15) is 12.5 Å². The highest BCUT2D eigenvalue weighted by atomic mass is 15.4. The standard InChI is InChI=1S/C17H17N7/c1-3-23-15-13(12-6-4-11(2)5-7-12)8-19-9-14(15)22-17(23)24-16(18)20-10-21-24/h4-10H,3H2,1-2H3,(H2,18,20,21). The van der Waals surface area contributed by atoms with Gasteiger partial charge in [-0.05, 0) is 19.4 Å². The molecule has 0 saturated heterocycles. The fourth-order valence-corrected chi connectivity index (χ4v) is 2.89. The minimum Gasteiger partial charge on any atom is -0.368 e. The van der Waals surface area contributed by atoms with E-state index in [2.05, 4.69) is 62.7 Å². The molecule has 0 bridgehead atoms. The van der Waals surface area contributed by atoms with Gasteiger partial charge in [0.15, 0.2) is 0 Å². The monoisotopic (exact) mass is 319 g/mol. The Labute approximate surface area is 138 Å². The maximum Gasteiger partial charge on any atom is 0.235 e. The van der Waals surface area contributed by atoms with Gasteiger partial charge in [-0.25, -0.2) is 4.98 Å². The summed E-state index contributed by atoms with van der Waals surface area (Å²) in [6.45, 7) is 4.87. The zero-order valence-electron chi connectivity index (χ0n) is 13.5. The molecule has 3 heterocycles. The summed E-state index contributed by atoms with van der Waals surface area (Å²) in [5, 5.41) is 4.18. The van der Waals surface area contributed by atoms with Crippen LogP contribution in [0.3, 0.4) is 0 Å². The Hall–Kier alpha value is -3.22. The van der Waals surface area contributed by atoms with Gasteiger partial charge in [-0.3, -0.25) is 4.98 Å². The second-order valence-corrected chi connectivity index (χ2v) is 5.61. The Kier molecular flexibility index (Phi) is 3.26. The van der Waals surface area contributed by atoms with Crippen LogP contribution in [-0.4, -0.2) is 29.3 Å². The highest BCUT2D eigenvalue weighted by molar-refractivity contribution is 5.92. The van der Waals surface area contributed by atoms with Crippen molar-refractivity contribution in [3.8, 4) is 17.1 Å². The van der Waals surface area contributed by atoms with Crippen molar-refractivity contribution in [3.63, 3.8) is 0 Å². The lowest BCUT2D eigenvalue weighted by Crippen LogP contribution is -2.10. The molecule has 0 atom stereocenters. The zero-order valence-corrected chi connectivity index (χ0v) is 13.5. The van der Waals surface area contributed by atoms with Gasteiger partial charge in [0, 0.05) is 18.3 Å². The summed E-state index contributed by atoms with van der Waals surface area (Å²) < 4.78 is 3.62. The minimum absolute atomic E-state index is 0.310. The number of aromatic nitrogens is 6. The lowest BCUT2D eigenvalue weighted by molar-refractivity contribution is 0.706. The van der Waals surface area contributed by atoms with E-state index in [9.17, 15) is 0 Å². The lowest BCUT2D eigenvalue weighted by atomic mass is 10.0. The van der Waals surface area contributed by atoms with Gasteiger partial charge in [-0.15, -0.1) is 0 Å². The van der Waals surface area contributed by atoms with Crippen LogP contribution in [0.15, 0.2) is 43.0 Å². The fourth-order valence-electron chi connectivity index (χ4n) is 2.89. The van der Waals surface area contributed by atoms with Gasteiger partial charge < -0.3 is 10.3 Å². The van der Waals surface area contributed by atoms with Crippen molar-refractivity contribution in [1.82, 2.24) is 29.3 Å². The van der Waals surface area contributed by atoms with Crippen molar-refractivity contribution in [2.45, 2.75) is 20.4 Å². The van der Waals surface area contributed by atoms with Gasteiger partial charge in [-0.2, -0.15) is 14.8 Å². The van der Waals surface area contributed by atoms with Gasteiger partial charge in [0.2, 0.25) is 11.9 Å². The average molecular weight is 319 g/mol. The predicted octanol–water partition coefficient (Wildman–Crippen LogP) is 2.59. The Morgan fingerprint density at radius 1 is 1.12 bits per heavy atom. The molecule has 0 fully saturated rings. The summed E-state index contributed by atoms with van der Waals surface area (Å²) in [5.74, 6) is 0.953. The number of benzene rings is 1. The summed E-state index contributed by atoms with van der Waals surface area (Å²) in [4.78, 5) is 13.0. The summed E-state index contributed by atoms with van der Waals surface area (Å²) in [5.41, 5.74) is 11.1. The first-order valence-electron chi connectivity index (χ1n) is 7.76. The molecular formula is C17H17N7. The number of rotatable bonds is 3. The molecule has 0 amide bonds. The van der Waals surface area contributed by atoms with Gasteiger partial charge in [0.05, 0.1) is 11.7 Å². The summed E-state index contributed by atoms with van der Waals surface area (Å²) in [6.07, 6.45) is 5.05. The van der Waals surface area contributed by atoms with E-state index >= 15 is 0 Å². The number of pyridine rings is 1. The van der Waals surface area contributed by atoms with Gasteiger partial charge in [0.25, 0.3) is 0 Å². The van der Waals surface area contributed by atoms with Crippen LogP contribution in [0.25, 0.3) is 28.1 Å². The van der Waals surface area contributed by atoms with Crippen LogP contribution >= 0.6 is 0 Å². The number of anilines is 1. The number of nitrogens with zero attached hydrogens (tertiary/aromatic N) is 6. The van der Waals surface area contributed by atoms with Crippen molar-refractivity contribution in [2.75, 3.05) is 5.73 Å². The van der Waals surface area contributed by atoms with Gasteiger partial charge in [-0.1, -0.05) is 29.8 Å². The largest absolute Gasteiger partial charge is 0.368 e. The molecule has 2 N–H and O–H groups in total. The number of imidazole rings is 1. The number of aryl methyl sites for hydroxylation is 2. The van der Waals surface area contributed by atoms with E-state index in [-0.39, 0.29) is 0 Å². The number of hydrogen-bond acceptors (Lipinski definition) is 5. The third-order valence-electron chi connectivity index (χ3n) is 4.07. The average Bonchev–Trinajstić information content (AvgIpc) is 3.18. The summed E-state index contributed by atoms with van der Waals surface area (Å²) >= 11 is 0. The molecule has 0 radical (unpaired) electrons. The van der Waals surface area contributed by atoms with Crippen molar-refractivity contribution in [1.29, 1.82) is 0 Å². The van der Waals surface area contributed by atoms with Crippen LogP contribution in [0, 0.1) is 6.92 Å². The van der Waals surface area contributed by atoms with Crippen molar-refractivity contribution in [3.05, 3.63) is 48.5 Å². The third-order valence-corrected chi connectivity index (χ3v) is 4.07. The third kappa shape index (κ3) is 2.13. The fraction of sp³-hybridized carbons (Fsp3) is 0.176. The molecule has 3 aromatic heterocycles. The van der Waals surface area contributed by atoms with Crippen molar-refractivity contribution >= 4 is 17.0 Å². The highest BCUT2D eigenvalue weighted by Crippen LogP contribution is 2.30.